The zero-order chi connectivity index (χ0) is 14.9. The largest absolute Gasteiger partial charge is 0.481 e. The van der Waals surface area contributed by atoms with Gasteiger partial charge in [-0.15, -0.1) is 11.8 Å². The molecule has 0 aliphatic rings. The molecule has 0 saturated heterocycles. The van der Waals surface area contributed by atoms with Crippen molar-refractivity contribution in [3.05, 3.63) is 34.0 Å². The number of fused-ring (bicyclic) bond motifs is 1. The number of rotatable bonds is 5. The van der Waals surface area contributed by atoms with Gasteiger partial charge in [-0.05, 0) is 24.3 Å². The number of aliphatic carboxylic acids is 1. The second-order valence-electron chi connectivity index (χ2n) is 4.43. The fourth-order valence-corrected chi connectivity index (χ4v) is 2.98. The highest BCUT2D eigenvalue weighted by atomic mass is 32.2. The summed E-state index contributed by atoms with van der Waals surface area (Å²) in [5, 5.41) is 20.5. The van der Waals surface area contributed by atoms with E-state index in [9.17, 15) is 14.9 Å². The summed E-state index contributed by atoms with van der Waals surface area (Å²) in [5.74, 6) is -0.911. The van der Waals surface area contributed by atoms with Crippen LogP contribution < -0.4 is 0 Å². The summed E-state index contributed by atoms with van der Waals surface area (Å²) in [6, 6.07) is 3.21. The fraction of sp³-hybridized carbons (Fsp3) is 0.308. The Morgan fingerprint density at radius 3 is 2.75 bits per heavy atom. The summed E-state index contributed by atoms with van der Waals surface area (Å²) >= 11 is 1.51. The Morgan fingerprint density at radius 2 is 2.20 bits per heavy atom. The zero-order valence-electron chi connectivity index (χ0n) is 11.1. The highest BCUT2D eigenvalue weighted by molar-refractivity contribution is 7.98. The number of aryl methyl sites for hydroxylation is 2. The number of hydrogen-bond donors (Lipinski definition) is 1. The number of non-ortho nitro benzene ring substituents is 1. The highest BCUT2D eigenvalue weighted by Gasteiger charge is 2.21. The zero-order valence-corrected chi connectivity index (χ0v) is 11.9. The lowest BCUT2D eigenvalue weighted by molar-refractivity contribution is -0.383. The lowest BCUT2D eigenvalue weighted by Gasteiger charge is -2.04. The molecule has 0 aliphatic carbocycles. The maximum atomic E-state index is 11.2. The van der Waals surface area contributed by atoms with Crippen molar-refractivity contribution < 1.29 is 14.8 Å². The van der Waals surface area contributed by atoms with Gasteiger partial charge in [0.2, 0.25) is 0 Å². The van der Waals surface area contributed by atoms with Gasteiger partial charge >= 0.3 is 5.97 Å². The number of carboxylic acid groups (broad SMARTS) is 1. The topological polar surface area (TPSA) is 85.4 Å². The molecule has 0 radical (unpaired) electrons. The lowest BCUT2D eigenvalue weighted by Crippen LogP contribution is -1.98. The minimum atomic E-state index is -0.911. The van der Waals surface area contributed by atoms with Crippen molar-refractivity contribution in [2.75, 3.05) is 6.26 Å². The average molecular weight is 294 g/mol. The van der Waals surface area contributed by atoms with Gasteiger partial charge in [0.25, 0.3) is 5.69 Å². The van der Waals surface area contributed by atoms with Gasteiger partial charge in [-0.1, -0.05) is 0 Å². The normalized spacial score (nSPS) is 10.9. The van der Waals surface area contributed by atoms with Crippen molar-refractivity contribution in [3.8, 4) is 0 Å². The van der Waals surface area contributed by atoms with E-state index in [4.69, 9.17) is 5.11 Å². The molecule has 20 heavy (non-hydrogen) atoms. The predicted octanol–water partition coefficient (Wildman–Crippen LogP) is 2.83. The summed E-state index contributed by atoms with van der Waals surface area (Å²) < 4.78 is 1.82. The number of carboxylic acids is 1. The van der Waals surface area contributed by atoms with Crippen LogP contribution in [0.2, 0.25) is 0 Å². The fourth-order valence-electron chi connectivity index (χ4n) is 2.34. The molecule has 6 nitrogen and oxygen atoms in total. The van der Waals surface area contributed by atoms with E-state index in [0.717, 1.165) is 10.4 Å². The van der Waals surface area contributed by atoms with Crippen molar-refractivity contribution in [2.45, 2.75) is 17.7 Å². The highest BCUT2D eigenvalue weighted by Crippen LogP contribution is 2.36. The molecule has 1 N–H and O–H groups in total. The quantitative estimate of drug-likeness (QED) is 0.520. The Balaban J connectivity index is 2.69. The van der Waals surface area contributed by atoms with E-state index >= 15 is 0 Å². The molecule has 2 aromatic rings. The van der Waals surface area contributed by atoms with Crippen molar-refractivity contribution in [2.24, 2.45) is 7.05 Å². The van der Waals surface area contributed by atoms with Crippen LogP contribution >= 0.6 is 11.8 Å². The van der Waals surface area contributed by atoms with Gasteiger partial charge in [0.15, 0.2) is 0 Å². The van der Waals surface area contributed by atoms with E-state index in [0.29, 0.717) is 10.9 Å². The van der Waals surface area contributed by atoms with Gasteiger partial charge < -0.3 is 9.67 Å². The second-order valence-corrected chi connectivity index (χ2v) is 5.27. The summed E-state index contributed by atoms with van der Waals surface area (Å²) in [6.45, 7) is 0. The standard InChI is InChI=1S/C13H14N2O4S/c1-14-7-8(3-6-11(16)17)12-9(15(18)19)4-5-10(20-2)13(12)14/h4-5,7H,3,6H2,1-2H3,(H,16,17). The number of nitrogens with zero attached hydrogens (tertiary/aromatic N) is 2. The van der Waals surface area contributed by atoms with E-state index < -0.39 is 10.9 Å². The number of hydrogen-bond acceptors (Lipinski definition) is 4. The molecule has 7 heteroatoms. The first kappa shape index (κ1) is 14.4. The minimum absolute atomic E-state index is 0.0267. The van der Waals surface area contributed by atoms with Gasteiger partial charge in [0.05, 0.1) is 15.8 Å². The Labute approximate surface area is 119 Å². The SMILES string of the molecule is CSc1ccc([N+](=O)[O-])c2c(CCC(=O)O)cn(C)c12. The van der Waals surface area contributed by atoms with Crippen LogP contribution in [0.4, 0.5) is 5.69 Å². The lowest BCUT2D eigenvalue weighted by atomic mass is 10.1. The maximum absolute atomic E-state index is 11.2. The van der Waals surface area contributed by atoms with Crippen LogP contribution in [-0.4, -0.2) is 26.8 Å². The monoisotopic (exact) mass is 294 g/mol. The van der Waals surface area contributed by atoms with Crippen LogP contribution in [0.3, 0.4) is 0 Å². The summed E-state index contributed by atoms with van der Waals surface area (Å²) in [7, 11) is 1.82. The van der Waals surface area contributed by atoms with E-state index in [-0.39, 0.29) is 18.5 Å². The molecule has 0 aliphatic heterocycles. The molecule has 1 heterocycles. The smallest absolute Gasteiger partial charge is 0.303 e. The number of thioether (sulfide) groups is 1. The second kappa shape index (κ2) is 5.54. The summed E-state index contributed by atoms with van der Waals surface area (Å²) in [5.41, 5.74) is 1.51. The molecular weight excluding hydrogens is 280 g/mol. The van der Waals surface area contributed by atoms with E-state index in [1.54, 1.807) is 12.3 Å². The number of aromatic nitrogens is 1. The van der Waals surface area contributed by atoms with E-state index in [1.807, 2.05) is 17.9 Å². The Bertz CT molecular complexity index is 693. The Kier molecular flexibility index (Phi) is 3.99. The Morgan fingerprint density at radius 1 is 1.50 bits per heavy atom. The minimum Gasteiger partial charge on any atom is -0.481 e. The van der Waals surface area contributed by atoms with Crippen LogP contribution in [0.25, 0.3) is 10.9 Å². The van der Waals surface area contributed by atoms with Gasteiger partial charge in [-0.3, -0.25) is 14.9 Å². The third-order valence-electron chi connectivity index (χ3n) is 3.17. The predicted molar refractivity (Wildman–Crippen MR) is 77.3 cm³/mol. The molecule has 106 valence electrons. The van der Waals surface area contributed by atoms with E-state index in [1.165, 1.54) is 17.8 Å². The van der Waals surface area contributed by atoms with Crippen LogP contribution in [0.15, 0.2) is 23.2 Å². The maximum Gasteiger partial charge on any atom is 0.303 e. The average Bonchev–Trinajstić information content (AvgIpc) is 2.73. The molecule has 0 fully saturated rings. The number of nitro benzene ring substituents is 1. The first-order valence-corrected chi connectivity index (χ1v) is 7.19. The molecule has 2 rings (SSSR count). The number of benzene rings is 1. The third-order valence-corrected chi connectivity index (χ3v) is 3.94. The summed E-state index contributed by atoms with van der Waals surface area (Å²) in [4.78, 5) is 22.4. The third kappa shape index (κ3) is 2.49. The van der Waals surface area contributed by atoms with Crippen molar-refractivity contribution in [3.63, 3.8) is 0 Å². The molecule has 0 unspecified atom stereocenters. The van der Waals surface area contributed by atoms with Crippen LogP contribution in [-0.2, 0) is 18.3 Å². The molecular formula is C13H14N2O4S. The molecule has 1 aromatic carbocycles. The first-order valence-electron chi connectivity index (χ1n) is 5.96. The Hall–Kier alpha value is -2.02. The molecule has 0 spiro atoms. The molecule has 0 saturated carbocycles. The van der Waals surface area contributed by atoms with Crippen LogP contribution in [0.1, 0.15) is 12.0 Å². The number of nitro groups is 1. The van der Waals surface area contributed by atoms with Gasteiger partial charge in [-0.2, -0.15) is 0 Å². The van der Waals surface area contributed by atoms with Crippen molar-refractivity contribution >= 4 is 34.3 Å². The first-order chi connectivity index (χ1) is 9.45. The van der Waals surface area contributed by atoms with Crippen LogP contribution in [0, 0.1) is 10.1 Å². The van der Waals surface area contributed by atoms with Crippen molar-refractivity contribution in [1.29, 1.82) is 0 Å². The molecule has 0 bridgehead atoms. The molecule has 1 aromatic heterocycles. The molecule has 0 amide bonds. The number of carbonyl (C=O) groups is 1. The van der Waals surface area contributed by atoms with Crippen molar-refractivity contribution in [1.82, 2.24) is 4.57 Å². The van der Waals surface area contributed by atoms with E-state index in [2.05, 4.69) is 0 Å². The van der Waals surface area contributed by atoms with Gasteiger partial charge in [-0.25, -0.2) is 0 Å². The molecule has 0 atom stereocenters. The van der Waals surface area contributed by atoms with Gasteiger partial charge in [0.1, 0.15) is 0 Å². The van der Waals surface area contributed by atoms with Crippen LogP contribution in [0.5, 0.6) is 0 Å². The van der Waals surface area contributed by atoms with Gasteiger partial charge in [0, 0.05) is 30.6 Å². The summed E-state index contributed by atoms with van der Waals surface area (Å²) in [6.07, 6.45) is 3.93.